The molecule has 0 saturated carbocycles. The van der Waals surface area contributed by atoms with E-state index in [0.29, 0.717) is 0 Å². The molecule has 0 aromatic heterocycles. The number of likely N-dealkylation sites (tertiary alicyclic amines) is 1. The van der Waals surface area contributed by atoms with Crippen LogP contribution in [0.15, 0.2) is 0 Å². The van der Waals surface area contributed by atoms with Crippen molar-refractivity contribution < 1.29 is 4.18 Å². The lowest BCUT2D eigenvalue weighted by Gasteiger charge is -2.53. The van der Waals surface area contributed by atoms with Gasteiger partial charge >= 0.3 is 0 Å². The van der Waals surface area contributed by atoms with Crippen LogP contribution < -0.4 is 0 Å². The van der Waals surface area contributed by atoms with E-state index in [1.165, 1.54) is 0 Å². The third-order valence-corrected chi connectivity index (χ3v) is 3.72. The Morgan fingerprint density at radius 2 is 1.54 bits per heavy atom. The summed E-state index contributed by atoms with van der Waals surface area (Å²) in [5, 5.41) is 0. The van der Waals surface area contributed by atoms with Gasteiger partial charge in [0.1, 0.15) is 0 Å². The monoisotopic (exact) mass is 203 g/mol. The molecule has 2 nitrogen and oxygen atoms in total. The van der Waals surface area contributed by atoms with Crippen molar-refractivity contribution in [3.63, 3.8) is 0 Å². The van der Waals surface area contributed by atoms with Crippen LogP contribution in [-0.2, 0) is 4.18 Å². The van der Waals surface area contributed by atoms with E-state index in [4.69, 9.17) is 4.18 Å². The maximum atomic E-state index is 5.18. The van der Waals surface area contributed by atoms with Gasteiger partial charge in [0.05, 0.1) is 6.10 Å². The highest BCUT2D eigenvalue weighted by atomic mass is 32.1. The topological polar surface area (TPSA) is 12.5 Å². The second-order valence-corrected chi connectivity index (χ2v) is 5.53. The molecule has 0 unspecified atom stereocenters. The fourth-order valence-corrected chi connectivity index (χ4v) is 2.50. The summed E-state index contributed by atoms with van der Waals surface area (Å²) in [5.41, 5.74) is 0.407. The molecule has 1 aliphatic heterocycles. The van der Waals surface area contributed by atoms with E-state index in [0.717, 1.165) is 12.8 Å². The maximum Gasteiger partial charge on any atom is 0.0753 e. The Labute approximate surface area is 87.3 Å². The van der Waals surface area contributed by atoms with E-state index in [2.05, 4.69) is 52.6 Å². The molecule has 1 aliphatic rings. The van der Waals surface area contributed by atoms with E-state index >= 15 is 0 Å². The quantitative estimate of drug-likeness (QED) is 0.519. The smallest absolute Gasteiger partial charge is 0.0753 e. The van der Waals surface area contributed by atoms with Crippen molar-refractivity contribution in [2.45, 2.75) is 57.7 Å². The third-order valence-electron chi connectivity index (χ3n) is 3.42. The standard InChI is InChI=1S/C10H21NOS/c1-9(2)6-8(12-13)7-10(3,4)11(9)5/h8,13H,6-7H2,1-5H3. The SMILES string of the molecule is CN1C(C)(C)CC(OS)CC1(C)C. The largest absolute Gasteiger partial charge is 0.315 e. The number of hydrogen-bond acceptors (Lipinski definition) is 3. The fourth-order valence-electron chi connectivity index (χ4n) is 2.35. The highest BCUT2D eigenvalue weighted by molar-refractivity contribution is 7.75. The molecule has 0 aromatic carbocycles. The number of hydrogen-bond donors (Lipinski definition) is 1. The molecule has 1 saturated heterocycles. The minimum Gasteiger partial charge on any atom is -0.315 e. The van der Waals surface area contributed by atoms with Gasteiger partial charge in [0.25, 0.3) is 0 Å². The average Bonchev–Trinajstić information content (AvgIpc) is 1.99. The first-order chi connectivity index (χ1) is 5.79. The lowest BCUT2D eigenvalue weighted by molar-refractivity contribution is -0.0499. The Kier molecular flexibility index (Phi) is 3.01. The van der Waals surface area contributed by atoms with Gasteiger partial charge in [0.2, 0.25) is 0 Å². The molecule has 0 radical (unpaired) electrons. The second-order valence-electron chi connectivity index (χ2n) is 5.32. The van der Waals surface area contributed by atoms with Crippen molar-refractivity contribution in [3.05, 3.63) is 0 Å². The molecular weight excluding hydrogens is 182 g/mol. The first-order valence-electron chi connectivity index (χ1n) is 4.84. The van der Waals surface area contributed by atoms with Crippen LogP contribution in [0.4, 0.5) is 0 Å². The van der Waals surface area contributed by atoms with E-state index < -0.39 is 0 Å². The van der Waals surface area contributed by atoms with Crippen LogP contribution in [0.1, 0.15) is 40.5 Å². The zero-order valence-corrected chi connectivity index (χ0v) is 10.2. The van der Waals surface area contributed by atoms with Crippen LogP contribution in [0.25, 0.3) is 0 Å². The minimum atomic E-state index is 0.204. The molecule has 0 N–H and O–H groups in total. The van der Waals surface area contributed by atoms with Gasteiger partial charge in [0.15, 0.2) is 0 Å². The summed E-state index contributed by atoms with van der Waals surface area (Å²) >= 11 is 3.93. The molecule has 1 fully saturated rings. The Morgan fingerprint density at radius 1 is 1.15 bits per heavy atom. The Hall–Kier alpha value is 0.270. The average molecular weight is 203 g/mol. The molecule has 78 valence electrons. The minimum absolute atomic E-state index is 0.204. The lowest BCUT2D eigenvalue weighted by Crippen LogP contribution is -2.59. The molecule has 0 spiro atoms. The van der Waals surface area contributed by atoms with Gasteiger partial charge in [-0.25, -0.2) is 0 Å². The van der Waals surface area contributed by atoms with Gasteiger partial charge in [-0.2, -0.15) is 0 Å². The number of thiol groups is 1. The molecule has 0 aromatic rings. The summed E-state index contributed by atoms with van der Waals surface area (Å²) in [4.78, 5) is 2.43. The molecule has 0 aliphatic carbocycles. The van der Waals surface area contributed by atoms with Crippen molar-refractivity contribution in [3.8, 4) is 0 Å². The normalized spacial score (nSPS) is 29.1. The summed E-state index contributed by atoms with van der Waals surface area (Å²) < 4.78 is 5.18. The third kappa shape index (κ3) is 2.20. The van der Waals surface area contributed by atoms with Gasteiger partial charge in [-0.05, 0) is 60.5 Å². The summed E-state index contributed by atoms with van der Waals surface area (Å²) in [6.45, 7) is 9.03. The Morgan fingerprint density at radius 3 is 1.85 bits per heavy atom. The van der Waals surface area contributed by atoms with Crippen molar-refractivity contribution in [2.24, 2.45) is 0 Å². The van der Waals surface area contributed by atoms with Crippen LogP contribution >= 0.6 is 12.9 Å². The van der Waals surface area contributed by atoms with Crippen molar-refractivity contribution in [2.75, 3.05) is 7.05 Å². The van der Waals surface area contributed by atoms with Gasteiger partial charge in [-0.3, -0.25) is 4.90 Å². The molecule has 0 atom stereocenters. The van der Waals surface area contributed by atoms with Crippen LogP contribution in [-0.4, -0.2) is 29.1 Å². The fraction of sp³-hybridized carbons (Fsp3) is 1.00. The molecule has 3 heteroatoms. The van der Waals surface area contributed by atoms with Gasteiger partial charge in [-0.15, -0.1) is 0 Å². The molecule has 0 amide bonds. The summed E-state index contributed by atoms with van der Waals surface area (Å²) in [6.07, 6.45) is 2.39. The Bertz CT molecular complexity index is 173. The number of piperidine rings is 1. The molecule has 1 rings (SSSR count). The zero-order chi connectivity index (χ0) is 10.3. The van der Waals surface area contributed by atoms with E-state index in [1.807, 2.05) is 0 Å². The summed E-state index contributed by atoms with van der Waals surface area (Å²) in [7, 11) is 2.19. The van der Waals surface area contributed by atoms with Crippen molar-refractivity contribution in [1.29, 1.82) is 0 Å². The van der Waals surface area contributed by atoms with E-state index in [9.17, 15) is 0 Å². The highest BCUT2D eigenvalue weighted by Gasteiger charge is 2.43. The van der Waals surface area contributed by atoms with Gasteiger partial charge < -0.3 is 4.18 Å². The van der Waals surface area contributed by atoms with Crippen molar-refractivity contribution >= 4 is 12.9 Å². The molecule has 13 heavy (non-hydrogen) atoms. The predicted molar refractivity (Wildman–Crippen MR) is 59.0 cm³/mol. The Balaban J connectivity index is 2.82. The molecule has 0 bridgehead atoms. The van der Waals surface area contributed by atoms with Crippen LogP contribution in [0.5, 0.6) is 0 Å². The first kappa shape index (κ1) is 11.3. The van der Waals surface area contributed by atoms with Gasteiger partial charge in [0, 0.05) is 11.1 Å². The van der Waals surface area contributed by atoms with Crippen LogP contribution in [0.2, 0.25) is 0 Å². The van der Waals surface area contributed by atoms with E-state index in [-0.39, 0.29) is 17.2 Å². The van der Waals surface area contributed by atoms with Crippen molar-refractivity contribution in [1.82, 2.24) is 4.90 Å². The highest BCUT2D eigenvalue weighted by Crippen LogP contribution is 2.38. The molecular formula is C10H21NOS. The second kappa shape index (κ2) is 3.44. The van der Waals surface area contributed by atoms with Crippen LogP contribution in [0.3, 0.4) is 0 Å². The summed E-state index contributed by atoms with van der Waals surface area (Å²) in [5.74, 6) is 0. The van der Waals surface area contributed by atoms with E-state index in [1.54, 1.807) is 0 Å². The number of rotatable bonds is 1. The predicted octanol–water partition coefficient (Wildman–Crippen LogP) is 2.50. The molecule has 1 heterocycles. The van der Waals surface area contributed by atoms with Gasteiger partial charge in [-0.1, -0.05) is 0 Å². The zero-order valence-electron chi connectivity index (χ0n) is 9.29. The first-order valence-corrected chi connectivity index (χ1v) is 5.20. The number of nitrogens with zero attached hydrogens (tertiary/aromatic N) is 1. The maximum absolute atomic E-state index is 5.18. The van der Waals surface area contributed by atoms with Crippen LogP contribution in [0, 0.1) is 0 Å². The lowest BCUT2D eigenvalue weighted by atomic mass is 9.79. The summed E-state index contributed by atoms with van der Waals surface area (Å²) in [6, 6.07) is 0.